The molecule has 0 aromatic heterocycles. The zero-order valence-electron chi connectivity index (χ0n) is 5.46. The van der Waals surface area contributed by atoms with Crippen LogP contribution in [0.2, 0.25) is 0 Å². The van der Waals surface area contributed by atoms with Crippen LogP contribution in [0.15, 0.2) is 0 Å². The number of halogens is 1. The molecule has 0 radical (unpaired) electrons. The lowest BCUT2D eigenvalue weighted by atomic mass is 10.2. The van der Waals surface area contributed by atoms with E-state index in [1.165, 1.54) is 13.8 Å². The summed E-state index contributed by atoms with van der Waals surface area (Å²) in [7, 11) is -3.08. The third-order valence-electron chi connectivity index (χ3n) is 0.643. The Hall–Kier alpha value is -0.100. The van der Waals surface area contributed by atoms with Crippen LogP contribution in [0.1, 0.15) is 13.8 Å². The molecule has 0 unspecified atom stereocenters. The molecule has 60 valence electrons. The molecule has 0 saturated heterocycles. The maximum atomic E-state index is 10.6. The lowest BCUT2D eigenvalue weighted by Gasteiger charge is -2.09. The lowest BCUT2D eigenvalue weighted by Crippen LogP contribution is -2.25. The summed E-state index contributed by atoms with van der Waals surface area (Å²) < 4.78 is 22.6. The molecule has 0 spiro atoms. The van der Waals surface area contributed by atoms with Crippen LogP contribution in [0, 0.1) is 0 Å². The van der Waals surface area contributed by atoms with Gasteiger partial charge < -0.3 is 4.18 Å². The minimum absolute atomic E-state index is 0.816. The maximum Gasteiger partial charge on any atom is 0.337 e. The number of hydrogen-bond donors (Lipinski definition) is 1. The number of hydrogen-bond acceptors (Lipinski definition) is 4. The van der Waals surface area contributed by atoms with Crippen LogP contribution in [0.4, 0.5) is 0 Å². The van der Waals surface area contributed by atoms with E-state index in [2.05, 4.69) is 20.1 Å². The van der Waals surface area contributed by atoms with Crippen molar-refractivity contribution in [3.63, 3.8) is 0 Å². The van der Waals surface area contributed by atoms with E-state index in [1.807, 2.05) is 0 Å². The number of carbonyl (C=O) groups excluding carboxylic acids is 1. The van der Waals surface area contributed by atoms with Crippen molar-refractivity contribution in [1.82, 2.24) is 0 Å². The highest BCUT2D eigenvalue weighted by Gasteiger charge is 2.26. The molecule has 0 fully saturated rings. The van der Waals surface area contributed by atoms with Crippen LogP contribution in [-0.4, -0.2) is 18.7 Å². The van der Waals surface area contributed by atoms with Gasteiger partial charge in [-0.1, -0.05) is 15.9 Å². The summed E-state index contributed by atoms with van der Waals surface area (Å²) in [6, 6.07) is 0. The molecule has 0 heterocycles. The predicted octanol–water partition coefficient (Wildman–Crippen LogP) is 0.230. The summed E-state index contributed by atoms with van der Waals surface area (Å²) >= 11 is 2.93. The Morgan fingerprint density at radius 3 is 2.00 bits per heavy atom. The predicted molar refractivity (Wildman–Crippen MR) is 39.4 cm³/mol. The first kappa shape index (κ1) is 9.90. The van der Waals surface area contributed by atoms with Crippen LogP contribution in [-0.2, 0) is 20.0 Å². The van der Waals surface area contributed by atoms with E-state index >= 15 is 0 Å². The SMILES string of the molecule is CC(C)(Br)C(=O)O[SH](=O)=O. The molecule has 0 aromatic rings. The average Bonchev–Trinajstić information content (AvgIpc) is 1.60. The third kappa shape index (κ3) is 3.84. The molecule has 0 bridgehead atoms. The Kier molecular flexibility index (Phi) is 3.30. The zero-order chi connectivity index (χ0) is 8.36. The first-order chi connectivity index (χ1) is 4.34. The van der Waals surface area contributed by atoms with Gasteiger partial charge in [-0.25, -0.2) is 4.79 Å². The molecule has 4 nitrogen and oxygen atoms in total. The van der Waals surface area contributed by atoms with Gasteiger partial charge in [0.2, 0.25) is 0 Å². The van der Waals surface area contributed by atoms with E-state index in [9.17, 15) is 13.2 Å². The van der Waals surface area contributed by atoms with E-state index in [1.54, 1.807) is 0 Å². The van der Waals surface area contributed by atoms with Crippen molar-refractivity contribution < 1.29 is 17.4 Å². The van der Waals surface area contributed by atoms with Crippen LogP contribution in [0.3, 0.4) is 0 Å². The second-order valence-corrected chi connectivity index (χ2v) is 4.69. The molecular weight excluding hydrogens is 224 g/mol. The molecule has 0 atom stereocenters. The van der Waals surface area contributed by atoms with Gasteiger partial charge in [-0.2, -0.15) is 8.42 Å². The van der Waals surface area contributed by atoms with Gasteiger partial charge in [0.25, 0.3) is 0 Å². The smallest absolute Gasteiger partial charge is 0.337 e. The van der Waals surface area contributed by atoms with Crippen LogP contribution in [0.25, 0.3) is 0 Å². The summed E-state index contributed by atoms with van der Waals surface area (Å²) in [6.45, 7) is 2.99. The summed E-state index contributed by atoms with van der Waals surface area (Å²) in [5, 5.41) is 0. The normalized spacial score (nSPS) is 11.6. The van der Waals surface area contributed by atoms with Crippen molar-refractivity contribution in [3.8, 4) is 0 Å². The second kappa shape index (κ2) is 3.34. The fourth-order valence-electron chi connectivity index (χ4n) is 0.176. The van der Waals surface area contributed by atoms with Crippen molar-refractivity contribution in [2.24, 2.45) is 0 Å². The Bertz CT molecular complexity index is 194. The molecule has 0 rings (SSSR count). The average molecular weight is 231 g/mol. The minimum Gasteiger partial charge on any atom is -0.346 e. The Labute approximate surface area is 68.8 Å². The summed E-state index contributed by atoms with van der Waals surface area (Å²) in [5.41, 5.74) is 0. The van der Waals surface area contributed by atoms with E-state index in [-0.39, 0.29) is 0 Å². The monoisotopic (exact) mass is 230 g/mol. The highest BCUT2D eigenvalue weighted by Crippen LogP contribution is 2.17. The molecule has 6 heteroatoms. The van der Waals surface area contributed by atoms with Crippen molar-refractivity contribution in [2.75, 3.05) is 0 Å². The van der Waals surface area contributed by atoms with E-state index in [0.717, 1.165) is 0 Å². The quantitative estimate of drug-likeness (QED) is 0.545. The zero-order valence-corrected chi connectivity index (χ0v) is 7.94. The van der Waals surface area contributed by atoms with Crippen LogP contribution >= 0.6 is 15.9 Å². The van der Waals surface area contributed by atoms with E-state index in [4.69, 9.17) is 0 Å². The molecular formula is C4H7BrO4S. The molecule has 0 aromatic carbocycles. The molecule has 10 heavy (non-hydrogen) atoms. The molecule has 0 aliphatic carbocycles. The van der Waals surface area contributed by atoms with Crippen molar-refractivity contribution in [2.45, 2.75) is 18.2 Å². The first-order valence-electron chi connectivity index (χ1n) is 2.39. The van der Waals surface area contributed by atoms with Gasteiger partial charge in [-0.3, -0.25) is 0 Å². The van der Waals surface area contributed by atoms with Crippen LogP contribution in [0.5, 0.6) is 0 Å². The number of rotatable bonds is 2. The standard InChI is InChI=1S/C4H7BrO4S/c1-4(2,5)3(6)9-10(7)8/h10H,1-2H3. The fourth-order valence-corrected chi connectivity index (χ4v) is 0.746. The first-order valence-corrected chi connectivity index (χ1v) is 4.28. The lowest BCUT2D eigenvalue weighted by molar-refractivity contribution is -0.135. The third-order valence-corrected chi connectivity index (χ3v) is 1.28. The molecule has 0 aliphatic heterocycles. The maximum absolute atomic E-state index is 10.6. The summed E-state index contributed by atoms with van der Waals surface area (Å²) in [6.07, 6.45) is 0. The largest absolute Gasteiger partial charge is 0.346 e. The summed E-state index contributed by atoms with van der Waals surface area (Å²) in [4.78, 5) is 10.6. The Morgan fingerprint density at radius 1 is 1.50 bits per heavy atom. The van der Waals surface area contributed by atoms with Gasteiger partial charge in [0.1, 0.15) is 4.32 Å². The van der Waals surface area contributed by atoms with Crippen molar-refractivity contribution in [1.29, 1.82) is 0 Å². The van der Waals surface area contributed by atoms with Gasteiger partial charge in [0.05, 0.1) is 0 Å². The van der Waals surface area contributed by atoms with Crippen LogP contribution < -0.4 is 0 Å². The molecule has 0 saturated carbocycles. The fraction of sp³-hybridized carbons (Fsp3) is 0.750. The van der Waals surface area contributed by atoms with Gasteiger partial charge in [0, 0.05) is 0 Å². The Morgan fingerprint density at radius 2 is 1.90 bits per heavy atom. The topological polar surface area (TPSA) is 60.4 Å². The van der Waals surface area contributed by atoms with Gasteiger partial charge in [-0.15, -0.1) is 0 Å². The molecule has 0 N–H and O–H groups in total. The molecule has 0 amide bonds. The highest BCUT2D eigenvalue weighted by atomic mass is 79.9. The minimum atomic E-state index is -3.08. The summed E-state index contributed by atoms with van der Waals surface area (Å²) in [5.74, 6) is -0.816. The van der Waals surface area contributed by atoms with E-state index < -0.39 is 21.3 Å². The van der Waals surface area contributed by atoms with Gasteiger partial charge in [0.15, 0.2) is 0 Å². The number of carbonyl (C=O) groups is 1. The van der Waals surface area contributed by atoms with Gasteiger partial charge >= 0.3 is 17.0 Å². The Balaban J connectivity index is 4.12. The second-order valence-electron chi connectivity index (χ2n) is 2.07. The molecule has 0 aliphatic rings. The van der Waals surface area contributed by atoms with Gasteiger partial charge in [-0.05, 0) is 13.8 Å². The highest BCUT2D eigenvalue weighted by molar-refractivity contribution is 9.10. The van der Waals surface area contributed by atoms with Crippen molar-refractivity contribution in [3.05, 3.63) is 0 Å². The van der Waals surface area contributed by atoms with Crippen molar-refractivity contribution >= 4 is 32.9 Å². The number of thiol groups is 1. The number of alkyl halides is 1. The van der Waals surface area contributed by atoms with E-state index in [0.29, 0.717) is 0 Å².